The van der Waals surface area contributed by atoms with Crippen molar-refractivity contribution < 1.29 is 9.18 Å². The van der Waals surface area contributed by atoms with E-state index in [1.54, 1.807) is 24.3 Å². The second-order valence-electron chi connectivity index (χ2n) is 6.01. The summed E-state index contributed by atoms with van der Waals surface area (Å²) in [6.07, 6.45) is 3.63. The van der Waals surface area contributed by atoms with Gasteiger partial charge in [0, 0.05) is 29.6 Å². The molecule has 1 heterocycles. The van der Waals surface area contributed by atoms with E-state index in [1.165, 1.54) is 24.5 Å². The first-order chi connectivity index (χ1) is 13.0. The van der Waals surface area contributed by atoms with E-state index in [0.717, 1.165) is 11.1 Å². The largest absolute Gasteiger partial charge is 0.354 e. The fraction of sp³-hybridized carbons (Fsp3) is 0.150. The summed E-state index contributed by atoms with van der Waals surface area (Å²) < 4.78 is 12.9. The van der Waals surface area contributed by atoms with Crippen LogP contribution in [0.3, 0.4) is 0 Å². The summed E-state index contributed by atoms with van der Waals surface area (Å²) in [6.45, 7) is 2.48. The molecule has 0 radical (unpaired) electrons. The lowest BCUT2D eigenvalue weighted by atomic mass is 10.1. The first-order valence-corrected chi connectivity index (χ1v) is 8.77. The van der Waals surface area contributed by atoms with Gasteiger partial charge in [-0.05, 0) is 48.7 Å². The first-order valence-electron chi connectivity index (χ1n) is 8.39. The second kappa shape index (κ2) is 8.60. The lowest BCUT2D eigenvalue weighted by molar-refractivity contribution is 0.102. The number of nitrogens with zero attached hydrogens (tertiary/aromatic N) is 2. The molecule has 3 aromatic rings. The van der Waals surface area contributed by atoms with E-state index in [2.05, 4.69) is 20.6 Å². The maximum absolute atomic E-state index is 12.9. The molecule has 0 fully saturated rings. The molecule has 0 aliphatic rings. The number of carbonyl (C=O) groups excluding carboxylic acids is 1. The van der Waals surface area contributed by atoms with Crippen LogP contribution in [0.15, 0.2) is 54.9 Å². The highest BCUT2D eigenvalue weighted by Gasteiger charge is 2.09. The Bertz CT molecular complexity index is 930. The number of benzene rings is 2. The molecule has 2 N–H and O–H groups in total. The van der Waals surface area contributed by atoms with E-state index in [0.29, 0.717) is 35.2 Å². The minimum Gasteiger partial charge on any atom is -0.354 e. The number of amides is 1. The van der Waals surface area contributed by atoms with Crippen molar-refractivity contribution in [1.82, 2.24) is 9.97 Å². The third-order valence-electron chi connectivity index (χ3n) is 3.97. The Labute approximate surface area is 161 Å². The number of aromatic nitrogens is 2. The average Bonchev–Trinajstić information content (AvgIpc) is 2.67. The molecular formula is C20H18ClFN4O. The number of halogens is 2. The highest BCUT2D eigenvalue weighted by Crippen LogP contribution is 2.20. The number of carbonyl (C=O) groups is 1. The number of hydrogen-bond acceptors (Lipinski definition) is 4. The van der Waals surface area contributed by atoms with Gasteiger partial charge in [-0.25, -0.2) is 14.4 Å². The van der Waals surface area contributed by atoms with Gasteiger partial charge in [0.15, 0.2) is 0 Å². The number of aryl methyl sites for hydroxylation is 1. The molecule has 0 spiro atoms. The van der Waals surface area contributed by atoms with E-state index in [9.17, 15) is 9.18 Å². The van der Waals surface area contributed by atoms with Gasteiger partial charge in [-0.1, -0.05) is 29.8 Å². The van der Waals surface area contributed by atoms with Crippen LogP contribution in [0.2, 0.25) is 5.02 Å². The Morgan fingerprint density at radius 3 is 2.52 bits per heavy atom. The van der Waals surface area contributed by atoms with Crippen LogP contribution in [0, 0.1) is 12.7 Å². The van der Waals surface area contributed by atoms with Crippen molar-refractivity contribution in [2.45, 2.75) is 13.3 Å². The van der Waals surface area contributed by atoms with Crippen molar-refractivity contribution in [3.8, 4) is 0 Å². The lowest BCUT2D eigenvalue weighted by Crippen LogP contribution is -2.14. The number of nitrogens with one attached hydrogen (secondary N) is 2. The minimum atomic E-state index is -0.307. The number of anilines is 2. The van der Waals surface area contributed by atoms with Crippen molar-refractivity contribution in [2.75, 3.05) is 17.2 Å². The minimum absolute atomic E-state index is 0.253. The molecule has 2 aromatic carbocycles. The smallest absolute Gasteiger partial charge is 0.258 e. The van der Waals surface area contributed by atoms with Gasteiger partial charge in [-0.2, -0.15) is 0 Å². The number of hydrogen-bond donors (Lipinski definition) is 2. The summed E-state index contributed by atoms with van der Waals surface area (Å²) in [5, 5.41) is 6.43. The third-order valence-corrected chi connectivity index (χ3v) is 4.21. The molecule has 0 saturated heterocycles. The van der Waals surface area contributed by atoms with Gasteiger partial charge in [0.2, 0.25) is 5.95 Å². The molecule has 0 bridgehead atoms. The lowest BCUT2D eigenvalue weighted by Gasteiger charge is -2.09. The van der Waals surface area contributed by atoms with Crippen LogP contribution < -0.4 is 10.6 Å². The molecule has 27 heavy (non-hydrogen) atoms. The van der Waals surface area contributed by atoms with Crippen molar-refractivity contribution >= 4 is 29.1 Å². The zero-order valence-electron chi connectivity index (χ0n) is 14.7. The predicted molar refractivity (Wildman–Crippen MR) is 105 cm³/mol. The average molecular weight is 385 g/mol. The molecule has 1 amide bonds. The van der Waals surface area contributed by atoms with Crippen molar-refractivity contribution in [3.05, 3.63) is 82.4 Å². The van der Waals surface area contributed by atoms with Crippen LogP contribution >= 0.6 is 11.6 Å². The molecule has 0 unspecified atom stereocenters. The summed E-state index contributed by atoms with van der Waals surface area (Å²) in [4.78, 5) is 20.6. The molecule has 0 aliphatic carbocycles. The highest BCUT2D eigenvalue weighted by molar-refractivity contribution is 6.31. The topological polar surface area (TPSA) is 66.9 Å². The van der Waals surface area contributed by atoms with E-state index in [4.69, 9.17) is 11.6 Å². The summed E-state index contributed by atoms with van der Waals surface area (Å²) in [6, 6.07) is 11.6. The van der Waals surface area contributed by atoms with Crippen molar-refractivity contribution in [1.29, 1.82) is 0 Å². The Kier molecular flexibility index (Phi) is 5.98. The Balaban J connectivity index is 1.55. The molecule has 0 aliphatic heterocycles. The van der Waals surface area contributed by atoms with E-state index in [-0.39, 0.29) is 11.7 Å². The van der Waals surface area contributed by atoms with E-state index < -0.39 is 0 Å². The normalized spacial score (nSPS) is 10.5. The molecular weight excluding hydrogens is 367 g/mol. The Morgan fingerprint density at radius 1 is 1.11 bits per heavy atom. The second-order valence-corrected chi connectivity index (χ2v) is 6.45. The summed E-state index contributed by atoms with van der Waals surface area (Å²) in [7, 11) is 0. The van der Waals surface area contributed by atoms with Gasteiger partial charge in [0.05, 0.1) is 5.56 Å². The predicted octanol–water partition coefficient (Wildman–Crippen LogP) is 4.48. The van der Waals surface area contributed by atoms with Crippen molar-refractivity contribution in [3.63, 3.8) is 0 Å². The van der Waals surface area contributed by atoms with Gasteiger partial charge in [-0.3, -0.25) is 4.79 Å². The van der Waals surface area contributed by atoms with Gasteiger partial charge in [0.25, 0.3) is 5.91 Å². The van der Waals surface area contributed by atoms with E-state index in [1.807, 2.05) is 13.0 Å². The maximum Gasteiger partial charge on any atom is 0.258 e. The fourth-order valence-corrected chi connectivity index (χ4v) is 2.60. The first kappa shape index (κ1) is 18.8. The highest BCUT2D eigenvalue weighted by atomic mass is 35.5. The maximum atomic E-state index is 12.9. The summed E-state index contributed by atoms with van der Waals surface area (Å²) in [5.74, 6) is -0.136. The van der Waals surface area contributed by atoms with Gasteiger partial charge in [0.1, 0.15) is 5.82 Å². The zero-order chi connectivity index (χ0) is 19.2. The van der Waals surface area contributed by atoms with Crippen LogP contribution in [0.25, 0.3) is 0 Å². The van der Waals surface area contributed by atoms with E-state index >= 15 is 0 Å². The molecule has 1 aromatic heterocycles. The third kappa shape index (κ3) is 5.24. The quantitative estimate of drug-likeness (QED) is 0.657. The monoisotopic (exact) mass is 384 g/mol. The van der Waals surface area contributed by atoms with Gasteiger partial charge in [-0.15, -0.1) is 0 Å². The van der Waals surface area contributed by atoms with Crippen LogP contribution in [-0.4, -0.2) is 22.4 Å². The zero-order valence-corrected chi connectivity index (χ0v) is 15.4. The molecule has 7 heteroatoms. The van der Waals surface area contributed by atoms with Crippen molar-refractivity contribution in [2.24, 2.45) is 0 Å². The Hall–Kier alpha value is -2.99. The molecule has 138 valence electrons. The van der Waals surface area contributed by atoms with Gasteiger partial charge < -0.3 is 10.6 Å². The summed E-state index contributed by atoms with van der Waals surface area (Å²) in [5.41, 5.74) is 2.91. The molecule has 0 saturated carbocycles. The van der Waals surface area contributed by atoms with Crippen LogP contribution in [-0.2, 0) is 6.42 Å². The SMILES string of the molecule is Cc1ccc(Cl)cc1NC(=O)c1cnc(NCCc2ccc(F)cc2)nc1. The fourth-order valence-electron chi connectivity index (χ4n) is 2.43. The summed E-state index contributed by atoms with van der Waals surface area (Å²) >= 11 is 5.96. The number of rotatable bonds is 6. The van der Waals surface area contributed by atoms with Crippen LogP contribution in [0.1, 0.15) is 21.5 Å². The molecule has 0 atom stereocenters. The molecule has 3 rings (SSSR count). The Morgan fingerprint density at radius 2 is 1.81 bits per heavy atom. The van der Waals surface area contributed by atoms with Crippen LogP contribution in [0.4, 0.5) is 16.0 Å². The molecule has 5 nitrogen and oxygen atoms in total. The van der Waals surface area contributed by atoms with Gasteiger partial charge >= 0.3 is 0 Å². The van der Waals surface area contributed by atoms with Crippen LogP contribution in [0.5, 0.6) is 0 Å². The standard InChI is InChI=1S/C20H18ClFN4O/c1-13-2-5-16(21)10-18(13)26-19(27)15-11-24-20(25-12-15)23-9-8-14-3-6-17(22)7-4-14/h2-7,10-12H,8-9H2,1H3,(H,26,27)(H,23,24,25).